The van der Waals surface area contributed by atoms with Crippen LogP contribution in [0.25, 0.3) is 0 Å². The molecule has 1 aliphatic rings. The van der Waals surface area contributed by atoms with E-state index in [1.807, 2.05) is 48.5 Å². The molecule has 3 rings (SSSR count). The predicted molar refractivity (Wildman–Crippen MR) is 123 cm³/mol. The van der Waals surface area contributed by atoms with Gasteiger partial charge in [0.05, 0.1) is 40.6 Å². The summed E-state index contributed by atoms with van der Waals surface area (Å²) in [6, 6.07) is 15.4. The molecule has 1 unspecified atom stereocenters. The van der Waals surface area contributed by atoms with Crippen LogP contribution >= 0.6 is 0 Å². The van der Waals surface area contributed by atoms with Crippen LogP contribution in [0, 0.1) is 0 Å². The summed E-state index contributed by atoms with van der Waals surface area (Å²) in [4.78, 5) is 0. The largest absolute Gasteiger partial charge is 0.497 e. The highest BCUT2D eigenvalue weighted by molar-refractivity contribution is 5.27. The molecule has 8 heteroatoms. The molecule has 1 fully saturated rings. The van der Waals surface area contributed by atoms with Crippen molar-refractivity contribution in [2.45, 2.75) is 44.0 Å². The molecule has 2 aromatic carbocycles. The molecule has 33 heavy (non-hydrogen) atoms. The summed E-state index contributed by atoms with van der Waals surface area (Å²) in [6.45, 7) is 1.55. The van der Waals surface area contributed by atoms with Gasteiger partial charge in [-0.15, -0.1) is 0 Å². The molecule has 8 nitrogen and oxygen atoms in total. The lowest BCUT2D eigenvalue weighted by molar-refractivity contribution is -0.329. The van der Waals surface area contributed by atoms with Crippen molar-refractivity contribution in [1.29, 1.82) is 0 Å². The highest BCUT2D eigenvalue weighted by Crippen LogP contribution is 2.34. The first-order valence-corrected chi connectivity index (χ1v) is 11.1. The summed E-state index contributed by atoms with van der Waals surface area (Å²) >= 11 is 0. The number of aliphatic hydroxyl groups is 1. The molecule has 1 aliphatic heterocycles. The van der Waals surface area contributed by atoms with Gasteiger partial charge in [0.15, 0.2) is 0 Å². The molecular formula is C25H35NO7. The number of hydrogen-bond donors (Lipinski definition) is 2. The minimum absolute atomic E-state index is 0.173. The van der Waals surface area contributed by atoms with E-state index in [0.717, 1.165) is 29.0 Å². The zero-order valence-electron chi connectivity index (χ0n) is 19.7. The van der Waals surface area contributed by atoms with Gasteiger partial charge in [0.2, 0.25) is 5.91 Å². The highest BCUT2D eigenvalue weighted by Gasteiger charge is 2.45. The third-order valence-electron chi connectivity index (χ3n) is 5.61. The maximum atomic E-state index is 10.9. The molecule has 182 valence electrons. The van der Waals surface area contributed by atoms with Crippen molar-refractivity contribution in [2.24, 2.45) is 0 Å². The van der Waals surface area contributed by atoms with Crippen molar-refractivity contribution in [2.75, 3.05) is 41.3 Å². The van der Waals surface area contributed by atoms with E-state index in [2.05, 4.69) is 5.32 Å². The molecular weight excluding hydrogens is 426 g/mol. The van der Waals surface area contributed by atoms with Crippen LogP contribution in [0.5, 0.6) is 11.5 Å². The molecule has 1 atom stereocenters. The SMILES string of the molecule is COCNC1(O)CCCC(COCc2ccc(OC)cc2)(COCc2ccc(OC)cc2)O1. The van der Waals surface area contributed by atoms with E-state index in [4.69, 9.17) is 28.4 Å². The maximum absolute atomic E-state index is 10.9. The molecule has 2 N–H and O–H groups in total. The molecule has 1 heterocycles. The van der Waals surface area contributed by atoms with Crippen LogP contribution in [0.3, 0.4) is 0 Å². The van der Waals surface area contributed by atoms with Crippen LogP contribution in [0.15, 0.2) is 48.5 Å². The van der Waals surface area contributed by atoms with Gasteiger partial charge in [-0.2, -0.15) is 0 Å². The van der Waals surface area contributed by atoms with Crippen molar-refractivity contribution >= 4 is 0 Å². The second-order valence-electron chi connectivity index (χ2n) is 8.21. The van der Waals surface area contributed by atoms with Gasteiger partial charge in [-0.3, -0.25) is 0 Å². The molecule has 0 aromatic heterocycles. The van der Waals surface area contributed by atoms with Gasteiger partial charge in [-0.25, -0.2) is 5.32 Å². The highest BCUT2D eigenvalue weighted by atomic mass is 16.7. The molecule has 0 radical (unpaired) electrons. The van der Waals surface area contributed by atoms with Gasteiger partial charge in [0, 0.05) is 13.5 Å². The Labute approximate surface area is 195 Å². The number of ether oxygens (including phenoxy) is 6. The van der Waals surface area contributed by atoms with E-state index >= 15 is 0 Å². The number of benzene rings is 2. The topological polar surface area (TPSA) is 87.6 Å². The summed E-state index contributed by atoms with van der Waals surface area (Å²) in [5.74, 6) is 0.0976. The summed E-state index contributed by atoms with van der Waals surface area (Å²) in [7, 11) is 4.84. The molecule has 1 saturated heterocycles. The van der Waals surface area contributed by atoms with E-state index in [1.165, 1.54) is 0 Å². The fourth-order valence-corrected chi connectivity index (χ4v) is 3.82. The lowest BCUT2D eigenvalue weighted by Crippen LogP contribution is -2.60. The predicted octanol–water partition coefficient (Wildman–Crippen LogP) is 3.22. The first kappa shape index (κ1) is 25.4. The fourth-order valence-electron chi connectivity index (χ4n) is 3.82. The van der Waals surface area contributed by atoms with E-state index in [-0.39, 0.29) is 19.9 Å². The molecule has 0 amide bonds. The second-order valence-corrected chi connectivity index (χ2v) is 8.21. The minimum atomic E-state index is -1.50. The fraction of sp³-hybridized carbons (Fsp3) is 0.520. The average Bonchev–Trinajstić information content (AvgIpc) is 2.84. The van der Waals surface area contributed by atoms with Crippen molar-refractivity contribution in [3.8, 4) is 11.5 Å². The summed E-state index contributed by atoms with van der Waals surface area (Å²) in [5, 5.41) is 13.9. The second kappa shape index (κ2) is 12.3. The molecule has 2 aromatic rings. The Kier molecular flexibility index (Phi) is 9.49. The van der Waals surface area contributed by atoms with Crippen LogP contribution < -0.4 is 14.8 Å². The van der Waals surface area contributed by atoms with Crippen LogP contribution in [-0.2, 0) is 32.2 Å². The molecule has 0 bridgehead atoms. The van der Waals surface area contributed by atoms with Crippen LogP contribution in [-0.4, -0.2) is 57.9 Å². The Hall–Kier alpha value is -2.20. The Morgan fingerprint density at radius 3 is 1.79 bits per heavy atom. The van der Waals surface area contributed by atoms with Gasteiger partial charge >= 0.3 is 0 Å². The molecule has 0 saturated carbocycles. The zero-order valence-corrected chi connectivity index (χ0v) is 19.7. The van der Waals surface area contributed by atoms with Crippen molar-refractivity contribution < 1.29 is 33.5 Å². The van der Waals surface area contributed by atoms with Crippen molar-refractivity contribution in [3.05, 3.63) is 59.7 Å². The van der Waals surface area contributed by atoms with Gasteiger partial charge in [-0.05, 0) is 48.2 Å². The zero-order chi connectivity index (χ0) is 23.6. The van der Waals surface area contributed by atoms with E-state index < -0.39 is 11.5 Å². The Balaban J connectivity index is 1.62. The van der Waals surface area contributed by atoms with Crippen LogP contribution in [0.1, 0.15) is 30.4 Å². The number of methoxy groups -OCH3 is 3. The Morgan fingerprint density at radius 1 is 0.818 bits per heavy atom. The lowest BCUT2D eigenvalue weighted by Gasteiger charge is -2.45. The summed E-state index contributed by atoms with van der Waals surface area (Å²) in [6.07, 6.45) is 1.91. The van der Waals surface area contributed by atoms with E-state index in [1.54, 1.807) is 21.3 Å². The Morgan fingerprint density at radius 2 is 1.33 bits per heavy atom. The molecule has 0 aliphatic carbocycles. The first-order chi connectivity index (χ1) is 16.0. The smallest absolute Gasteiger partial charge is 0.227 e. The standard InChI is InChI=1S/C25H35NO7/c1-28-19-26-25(27)14-4-13-24(33-25,17-31-15-20-5-9-22(29-2)10-6-20)18-32-16-21-7-11-23(30-3)12-8-21/h5-12,26-27H,4,13-19H2,1-3H3. The van der Waals surface area contributed by atoms with Gasteiger partial charge in [-0.1, -0.05) is 24.3 Å². The van der Waals surface area contributed by atoms with Crippen molar-refractivity contribution in [1.82, 2.24) is 5.32 Å². The van der Waals surface area contributed by atoms with Crippen LogP contribution in [0.2, 0.25) is 0 Å². The van der Waals surface area contributed by atoms with Gasteiger partial charge in [0.25, 0.3) is 0 Å². The summed E-state index contributed by atoms with van der Waals surface area (Å²) < 4.78 is 33.7. The quantitative estimate of drug-likeness (QED) is 0.440. The number of hydrogen-bond acceptors (Lipinski definition) is 8. The normalized spacial score (nSPS) is 19.9. The van der Waals surface area contributed by atoms with Crippen LogP contribution in [0.4, 0.5) is 0 Å². The van der Waals surface area contributed by atoms with Gasteiger partial charge in [0.1, 0.15) is 23.8 Å². The molecule has 0 spiro atoms. The third kappa shape index (κ3) is 7.67. The van der Waals surface area contributed by atoms with E-state index in [9.17, 15) is 5.11 Å². The van der Waals surface area contributed by atoms with Crippen molar-refractivity contribution in [3.63, 3.8) is 0 Å². The maximum Gasteiger partial charge on any atom is 0.227 e. The lowest BCUT2D eigenvalue weighted by atomic mass is 9.93. The first-order valence-electron chi connectivity index (χ1n) is 11.1. The number of rotatable bonds is 13. The number of nitrogens with one attached hydrogen (secondary N) is 1. The minimum Gasteiger partial charge on any atom is -0.497 e. The Bertz CT molecular complexity index is 774. The monoisotopic (exact) mass is 461 g/mol. The summed E-state index contributed by atoms with van der Waals surface area (Å²) in [5.41, 5.74) is 1.24. The van der Waals surface area contributed by atoms with Gasteiger partial charge < -0.3 is 33.5 Å². The third-order valence-corrected chi connectivity index (χ3v) is 5.61. The van der Waals surface area contributed by atoms with E-state index in [0.29, 0.717) is 26.1 Å². The average molecular weight is 462 g/mol.